The van der Waals surface area contributed by atoms with Crippen molar-refractivity contribution >= 4 is 32.7 Å². The number of urea groups is 1. The molecule has 0 unspecified atom stereocenters. The number of carbonyl (C=O) groups excluding carboxylic acids is 2. The summed E-state index contributed by atoms with van der Waals surface area (Å²) >= 11 is 2.78. The van der Waals surface area contributed by atoms with Crippen molar-refractivity contribution < 1.29 is 14.3 Å². The summed E-state index contributed by atoms with van der Waals surface area (Å²) in [5.41, 5.74) is 4.93. The molecular formula is C6H10BrN3O3. The van der Waals surface area contributed by atoms with Gasteiger partial charge in [0.05, 0.1) is 6.54 Å². The van der Waals surface area contributed by atoms with Crippen molar-refractivity contribution in [2.24, 2.45) is 5.73 Å². The second kappa shape index (κ2) is 5.52. The summed E-state index contributed by atoms with van der Waals surface area (Å²) in [5.74, 6) is -0.439. The highest BCUT2D eigenvalue weighted by Gasteiger charge is 2.12. The first-order valence-electron chi connectivity index (χ1n) is 3.39. The Kier molecular flexibility index (Phi) is 5.05. The van der Waals surface area contributed by atoms with Gasteiger partial charge in [-0.05, 0) is 15.9 Å². The molecule has 3 N–H and O–H groups in total. The number of hydrogen-bond donors (Lipinski definition) is 2. The molecule has 0 aromatic rings. The highest BCUT2D eigenvalue weighted by atomic mass is 79.9. The van der Waals surface area contributed by atoms with Crippen LogP contribution in [0.1, 0.15) is 6.92 Å². The third-order valence-electron chi connectivity index (χ3n) is 1.12. The average molecular weight is 252 g/mol. The Labute approximate surface area is 83.7 Å². The molecule has 6 nitrogen and oxygen atoms in total. The lowest BCUT2D eigenvalue weighted by Crippen LogP contribution is -2.40. The molecule has 0 spiro atoms. The van der Waals surface area contributed by atoms with Crippen molar-refractivity contribution in [1.29, 1.82) is 5.41 Å². The third-order valence-corrected chi connectivity index (χ3v) is 1.55. The molecule has 0 aliphatic carbocycles. The Morgan fingerprint density at radius 2 is 2.15 bits per heavy atom. The minimum absolute atomic E-state index is 0.0201. The average Bonchev–Trinajstić information content (AvgIpc) is 1.95. The fourth-order valence-corrected chi connectivity index (χ4v) is 0.938. The molecular weight excluding hydrogens is 242 g/mol. The second-order valence-corrected chi connectivity index (χ2v) is 2.87. The molecule has 74 valence electrons. The molecule has 0 rings (SSSR count). The van der Waals surface area contributed by atoms with E-state index in [4.69, 9.17) is 11.1 Å². The first-order chi connectivity index (χ1) is 5.95. The van der Waals surface area contributed by atoms with E-state index in [1.54, 1.807) is 0 Å². The van der Waals surface area contributed by atoms with Crippen LogP contribution in [0, 0.1) is 5.41 Å². The number of amidine groups is 1. The normalized spacial score (nSPS) is 9.08. The molecule has 0 aromatic heterocycles. The van der Waals surface area contributed by atoms with Gasteiger partial charge in [0.25, 0.3) is 0 Å². The van der Waals surface area contributed by atoms with Gasteiger partial charge in [-0.1, -0.05) is 0 Å². The van der Waals surface area contributed by atoms with Gasteiger partial charge in [0.15, 0.2) is 4.74 Å². The predicted octanol–water partition coefficient (Wildman–Crippen LogP) is 0.260. The quantitative estimate of drug-likeness (QED) is 0.326. The van der Waals surface area contributed by atoms with Gasteiger partial charge in [0.1, 0.15) is 6.61 Å². The number of amides is 2. The number of primary amides is 1. The maximum absolute atomic E-state index is 10.7. The highest BCUT2D eigenvalue weighted by Crippen LogP contribution is 1.96. The first-order valence-corrected chi connectivity index (χ1v) is 4.19. The van der Waals surface area contributed by atoms with Gasteiger partial charge in [-0.2, -0.15) is 0 Å². The molecule has 0 bridgehead atoms. The number of nitrogens with one attached hydrogen (secondary N) is 1. The molecule has 13 heavy (non-hydrogen) atoms. The monoisotopic (exact) mass is 251 g/mol. The largest absolute Gasteiger partial charge is 0.464 e. The van der Waals surface area contributed by atoms with Crippen LogP contribution in [0.2, 0.25) is 0 Å². The molecule has 0 heterocycles. The van der Waals surface area contributed by atoms with E-state index in [9.17, 15) is 9.59 Å². The summed E-state index contributed by atoms with van der Waals surface area (Å²) in [6.45, 7) is 1.35. The topological polar surface area (TPSA) is 96.5 Å². The fraction of sp³-hybridized carbons (Fsp3) is 0.500. The van der Waals surface area contributed by atoms with Crippen molar-refractivity contribution in [3.05, 3.63) is 0 Å². The smallest absolute Gasteiger partial charge is 0.320 e. The number of carbonyl (C=O) groups is 2. The minimum Gasteiger partial charge on any atom is -0.464 e. The van der Waals surface area contributed by atoms with Crippen molar-refractivity contribution in [3.63, 3.8) is 0 Å². The van der Waals surface area contributed by atoms with Gasteiger partial charge in [-0.25, -0.2) is 4.79 Å². The molecule has 2 amide bonds. The van der Waals surface area contributed by atoms with Crippen LogP contribution < -0.4 is 5.73 Å². The van der Waals surface area contributed by atoms with E-state index in [1.807, 2.05) is 0 Å². The number of hydrogen-bond acceptors (Lipinski definition) is 4. The van der Waals surface area contributed by atoms with Crippen LogP contribution in [-0.4, -0.2) is 34.8 Å². The van der Waals surface area contributed by atoms with Crippen LogP contribution in [0.5, 0.6) is 0 Å². The molecule has 0 fully saturated rings. The van der Waals surface area contributed by atoms with E-state index in [0.717, 1.165) is 4.90 Å². The van der Waals surface area contributed by atoms with Crippen molar-refractivity contribution in [2.45, 2.75) is 6.92 Å². The minimum atomic E-state index is -0.769. The van der Waals surface area contributed by atoms with Gasteiger partial charge in [0.2, 0.25) is 0 Å². The zero-order chi connectivity index (χ0) is 10.4. The number of halogens is 1. The van der Waals surface area contributed by atoms with Crippen LogP contribution in [0.25, 0.3) is 0 Å². The maximum atomic E-state index is 10.7. The number of esters is 1. The van der Waals surface area contributed by atoms with Crippen molar-refractivity contribution in [3.8, 4) is 0 Å². The fourth-order valence-electron chi connectivity index (χ4n) is 0.586. The van der Waals surface area contributed by atoms with Gasteiger partial charge in [-0.3, -0.25) is 15.1 Å². The Morgan fingerprint density at radius 3 is 2.46 bits per heavy atom. The number of rotatable bonds is 3. The molecule has 0 atom stereocenters. The second-order valence-electron chi connectivity index (χ2n) is 2.12. The van der Waals surface area contributed by atoms with E-state index in [0.29, 0.717) is 0 Å². The van der Waals surface area contributed by atoms with Crippen LogP contribution in [-0.2, 0) is 9.53 Å². The lowest BCUT2D eigenvalue weighted by molar-refractivity contribution is -0.141. The van der Waals surface area contributed by atoms with E-state index in [-0.39, 0.29) is 17.9 Å². The van der Waals surface area contributed by atoms with E-state index < -0.39 is 12.0 Å². The van der Waals surface area contributed by atoms with E-state index in [1.165, 1.54) is 6.92 Å². The Morgan fingerprint density at radius 1 is 1.62 bits per heavy atom. The summed E-state index contributed by atoms with van der Waals surface area (Å²) in [6, 6.07) is -0.769. The summed E-state index contributed by atoms with van der Waals surface area (Å²) in [4.78, 5) is 21.9. The van der Waals surface area contributed by atoms with Gasteiger partial charge >= 0.3 is 12.0 Å². The number of nitrogens with two attached hydrogens (primary N) is 1. The molecule has 7 heteroatoms. The Bertz CT molecular complexity index is 217. The SMILES string of the molecule is CC(=O)OCCN(C(=N)Br)C(N)=O. The molecule has 0 aromatic carbocycles. The highest BCUT2D eigenvalue weighted by molar-refractivity contribution is 9.18. The van der Waals surface area contributed by atoms with Crippen LogP contribution in [0.15, 0.2) is 0 Å². The van der Waals surface area contributed by atoms with E-state index in [2.05, 4.69) is 20.7 Å². The van der Waals surface area contributed by atoms with E-state index >= 15 is 0 Å². The Hall–Kier alpha value is -1.11. The van der Waals surface area contributed by atoms with Gasteiger partial charge in [0, 0.05) is 6.92 Å². The maximum Gasteiger partial charge on any atom is 0.320 e. The van der Waals surface area contributed by atoms with Crippen molar-refractivity contribution in [2.75, 3.05) is 13.2 Å². The van der Waals surface area contributed by atoms with Gasteiger partial charge in [-0.15, -0.1) is 0 Å². The third kappa shape index (κ3) is 5.18. The van der Waals surface area contributed by atoms with Crippen LogP contribution in [0.3, 0.4) is 0 Å². The van der Waals surface area contributed by atoms with Crippen molar-refractivity contribution in [1.82, 2.24) is 4.90 Å². The number of ether oxygens (including phenoxy) is 1. The van der Waals surface area contributed by atoms with Gasteiger partial charge < -0.3 is 10.5 Å². The standard InChI is InChI=1S/C6H10BrN3O3/c1-4(11)13-3-2-10(5(7)8)6(9)12/h8H,2-3H2,1H3,(H2,9,12). The predicted molar refractivity (Wildman–Crippen MR) is 49.6 cm³/mol. The number of nitrogens with zero attached hydrogens (tertiary/aromatic N) is 1. The Balaban J connectivity index is 3.91. The van der Waals surface area contributed by atoms with Crippen LogP contribution >= 0.6 is 15.9 Å². The molecule has 0 aliphatic heterocycles. The first kappa shape index (κ1) is 11.9. The molecule has 0 radical (unpaired) electrons. The summed E-state index contributed by atoms with van der Waals surface area (Å²) < 4.78 is 4.41. The summed E-state index contributed by atoms with van der Waals surface area (Å²) in [6.07, 6.45) is 0. The zero-order valence-electron chi connectivity index (χ0n) is 7.04. The zero-order valence-corrected chi connectivity index (χ0v) is 8.63. The van der Waals surface area contributed by atoms with Crippen LogP contribution in [0.4, 0.5) is 4.79 Å². The summed E-state index contributed by atoms with van der Waals surface area (Å²) in [5, 5.41) is 7.07. The lowest BCUT2D eigenvalue weighted by atomic mass is 10.6. The molecule has 0 saturated heterocycles. The molecule has 0 aliphatic rings. The molecule has 0 saturated carbocycles. The summed E-state index contributed by atoms with van der Waals surface area (Å²) in [7, 11) is 0. The lowest BCUT2D eigenvalue weighted by Gasteiger charge is -2.16.